The second-order valence-electron chi connectivity index (χ2n) is 5.78. The highest BCUT2D eigenvalue weighted by Gasteiger charge is 2.55. The van der Waals surface area contributed by atoms with Crippen LogP contribution in [0.4, 0.5) is 26.3 Å². The molecule has 0 aromatic rings. The first-order valence-corrected chi connectivity index (χ1v) is 7.17. The largest absolute Gasteiger partial charge is 0.573 e. The first-order valence-electron chi connectivity index (χ1n) is 7.17. The molecule has 140 valence electrons. The number of alkyl halides is 6. The first-order chi connectivity index (χ1) is 11.3. The molecule has 1 heterocycles. The molecule has 0 saturated heterocycles. The average molecular weight is 372 g/mol. The lowest BCUT2D eigenvalue weighted by molar-refractivity contribution is -0.304. The van der Waals surface area contributed by atoms with Gasteiger partial charge < -0.3 is 14.6 Å². The lowest BCUT2D eigenvalue weighted by atomic mass is 9.74. The number of halogens is 6. The third-order valence-electron chi connectivity index (χ3n) is 4.12. The number of ether oxygens (including phenoxy) is 2. The molecule has 0 amide bonds. The van der Waals surface area contributed by atoms with Gasteiger partial charge in [0.1, 0.15) is 5.76 Å². The van der Waals surface area contributed by atoms with Crippen molar-refractivity contribution in [2.45, 2.75) is 44.5 Å². The zero-order valence-corrected chi connectivity index (χ0v) is 13.0. The normalized spacial score (nSPS) is 30.0. The zero-order chi connectivity index (χ0) is 19.2. The van der Waals surface area contributed by atoms with Gasteiger partial charge in [-0.15, -0.1) is 13.2 Å². The Bertz CT molecular complexity index is 658. The fourth-order valence-corrected chi connectivity index (χ4v) is 2.93. The van der Waals surface area contributed by atoms with Crippen LogP contribution in [0.2, 0.25) is 0 Å². The van der Waals surface area contributed by atoms with Crippen molar-refractivity contribution in [2.24, 2.45) is 5.92 Å². The predicted octanol–water partition coefficient (Wildman–Crippen LogP) is 4.10. The van der Waals surface area contributed by atoms with Crippen molar-refractivity contribution in [3.05, 3.63) is 35.1 Å². The summed E-state index contributed by atoms with van der Waals surface area (Å²) >= 11 is 0. The number of carboxylic acid groups (broad SMARTS) is 1. The topological polar surface area (TPSA) is 55.8 Å². The average Bonchev–Trinajstić information content (AvgIpc) is 2.42. The van der Waals surface area contributed by atoms with Gasteiger partial charge >= 0.3 is 18.5 Å². The standard InChI is InChI=1S/C15H14F6O4/c1-3-7-4-9(24-15(19,20)21)5-8-6-10(12(22)23)11(14(16,17)18)25-13(7,8)2/h4-7,11H,3H2,1-2H3,(H,22,23)/t7?,11-,13?/m0/s1. The summed E-state index contributed by atoms with van der Waals surface area (Å²) in [5, 5.41) is 9.02. The first kappa shape index (κ1) is 19.4. The lowest BCUT2D eigenvalue weighted by Crippen LogP contribution is -2.51. The summed E-state index contributed by atoms with van der Waals surface area (Å²) in [6.45, 7) is 2.84. The van der Waals surface area contributed by atoms with Crippen molar-refractivity contribution in [3.8, 4) is 0 Å². The van der Waals surface area contributed by atoms with Gasteiger partial charge in [0.05, 0.1) is 11.2 Å². The van der Waals surface area contributed by atoms with Crippen LogP contribution in [-0.4, -0.2) is 35.3 Å². The summed E-state index contributed by atoms with van der Waals surface area (Å²) in [6, 6.07) is 0. The molecule has 1 aliphatic carbocycles. The number of carbonyl (C=O) groups is 1. The molecular formula is C15H14F6O4. The summed E-state index contributed by atoms with van der Waals surface area (Å²) in [6.07, 6.45) is -9.92. The molecule has 25 heavy (non-hydrogen) atoms. The molecule has 0 aromatic carbocycles. The number of allylic oxidation sites excluding steroid dienone is 1. The van der Waals surface area contributed by atoms with Crippen LogP contribution < -0.4 is 0 Å². The van der Waals surface area contributed by atoms with E-state index in [0.29, 0.717) is 6.08 Å². The molecule has 2 aliphatic rings. The van der Waals surface area contributed by atoms with Gasteiger partial charge in [-0.3, -0.25) is 0 Å². The molecule has 1 N–H and O–H groups in total. The number of aliphatic carboxylic acids is 1. The summed E-state index contributed by atoms with van der Waals surface area (Å²) in [5.74, 6) is -3.37. The van der Waals surface area contributed by atoms with Gasteiger partial charge in [0.25, 0.3) is 0 Å². The molecule has 0 fully saturated rings. The zero-order valence-electron chi connectivity index (χ0n) is 13.0. The highest BCUT2D eigenvalue weighted by molar-refractivity contribution is 5.89. The van der Waals surface area contributed by atoms with Crippen molar-refractivity contribution >= 4 is 5.97 Å². The van der Waals surface area contributed by atoms with Gasteiger partial charge in [-0.1, -0.05) is 6.92 Å². The number of rotatable bonds is 3. The fraction of sp³-hybridized carbons (Fsp3) is 0.533. The maximum absolute atomic E-state index is 13.2. The highest BCUT2D eigenvalue weighted by Crippen LogP contribution is 2.47. The van der Waals surface area contributed by atoms with Crippen LogP contribution in [0.3, 0.4) is 0 Å². The Hall–Kier alpha value is -1.97. The van der Waals surface area contributed by atoms with Crippen molar-refractivity contribution in [2.75, 3.05) is 0 Å². The van der Waals surface area contributed by atoms with E-state index < -0.39 is 47.5 Å². The van der Waals surface area contributed by atoms with E-state index >= 15 is 0 Å². The Kier molecular flexibility index (Phi) is 4.71. The molecule has 1 aliphatic heterocycles. The molecule has 2 rings (SSSR count). The SMILES string of the molecule is CCC1C=C(OC(F)(F)F)C=C2C=C(C(=O)O)[C@@H](C(F)(F)F)OC21C. The Labute approximate surface area is 138 Å². The van der Waals surface area contributed by atoms with Gasteiger partial charge in [0.2, 0.25) is 0 Å². The molecule has 0 aromatic heterocycles. The number of carboxylic acids is 1. The summed E-state index contributed by atoms with van der Waals surface area (Å²) in [5.41, 5.74) is -2.86. The third kappa shape index (κ3) is 3.83. The van der Waals surface area contributed by atoms with Crippen LogP contribution >= 0.6 is 0 Å². The van der Waals surface area contributed by atoms with Gasteiger partial charge in [0.15, 0.2) is 6.10 Å². The molecule has 10 heteroatoms. The summed E-state index contributed by atoms with van der Waals surface area (Å²) in [4.78, 5) is 11.2. The smallest absolute Gasteiger partial charge is 0.478 e. The summed E-state index contributed by atoms with van der Waals surface area (Å²) < 4.78 is 85.7. The van der Waals surface area contributed by atoms with E-state index in [-0.39, 0.29) is 12.0 Å². The van der Waals surface area contributed by atoms with Crippen LogP contribution in [0, 0.1) is 5.92 Å². The van der Waals surface area contributed by atoms with Crippen molar-refractivity contribution in [1.29, 1.82) is 0 Å². The van der Waals surface area contributed by atoms with Crippen LogP contribution in [-0.2, 0) is 14.3 Å². The van der Waals surface area contributed by atoms with Gasteiger partial charge in [0, 0.05) is 5.92 Å². The van der Waals surface area contributed by atoms with Crippen molar-refractivity contribution in [3.63, 3.8) is 0 Å². The Morgan fingerprint density at radius 2 is 1.88 bits per heavy atom. The molecule has 2 unspecified atom stereocenters. The third-order valence-corrected chi connectivity index (χ3v) is 4.12. The van der Waals surface area contributed by atoms with Crippen LogP contribution in [0.1, 0.15) is 20.3 Å². The minimum absolute atomic E-state index is 0.126. The van der Waals surface area contributed by atoms with Gasteiger partial charge in [-0.05, 0) is 37.1 Å². The van der Waals surface area contributed by atoms with Gasteiger partial charge in [-0.25, -0.2) is 4.79 Å². The lowest BCUT2D eigenvalue weighted by Gasteiger charge is -2.45. The number of fused-ring (bicyclic) bond motifs is 1. The molecule has 0 spiro atoms. The number of hydrogen-bond acceptors (Lipinski definition) is 3. The summed E-state index contributed by atoms with van der Waals surface area (Å²) in [7, 11) is 0. The Balaban J connectivity index is 2.56. The van der Waals surface area contributed by atoms with E-state index in [9.17, 15) is 31.1 Å². The number of hydrogen-bond donors (Lipinski definition) is 1. The maximum Gasteiger partial charge on any atom is 0.573 e. The van der Waals surface area contributed by atoms with E-state index in [4.69, 9.17) is 9.84 Å². The molecule has 4 nitrogen and oxygen atoms in total. The van der Waals surface area contributed by atoms with E-state index in [0.717, 1.165) is 12.2 Å². The van der Waals surface area contributed by atoms with Crippen molar-refractivity contribution in [1.82, 2.24) is 0 Å². The van der Waals surface area contributed by atoms with E-state index in [1.54, 1.807) is 6.92 Å². The molecule has 0 radical (unpaired) electrons. The van der Waals surface area contributed by atoms with E-state index in [1.807, 2.05) is 0 Å². The minimum atomic E-state index is -4.99. The van der Waals surface area contributed by atoms with Crippen LogP contribution in [0.5, 0.6) is 0 Å². The Morgan fingerprint density at radius 3 is 2.32 bits per heavy atom. The van der Waals surface area contributed by atoms with E-state index in [2.05, 4.69) is 4.74 Å². The van der Waals surface area contributed by atoms with Crippen LogP contribution in [0.15, 0.2) is 35.1 Å². The molecular weight excluding hydrogens is 358 g/mol. The van der Waals surface area contributed by atoms with E-state index in [1.165, 1.54) is 6.92 Å². The fourth-order valence-electron chi connectivity index (χ4n) is 2.93. The maximum atomic E-state index is 13.2. The molecule has 0 bridgehead atoms. The Morgan fingerprint density at radius 1 is 1.28 bits per heavy atom. The van der Waals surface area contributed by atoms with Gasteiger partial charge in [-0.2, -0.15) is 13.2 Å². The quantitative estimate of drug-likeness (QED) is 0.758. The second-order valence-corrected chi connectivity index (χ2v) is 5.78. The van der Waals surface area contributed by atoms with Crippen molar-refractivity contribution < 1.29 is 45.7 Å². The van der Waals surface area contributed by atoms with Crippen LogP contribution in [0.25, 0.3) is 0 Å². The molecule has 3 atom stereocenters. The minimum Gasteiger partial charge on any atom is -0.478 e. The monoisotopic (exact) mass is 372 g/mol. The predicted molar refractivity (Wildman–Crippen MR) is 72.1 cm³/mol. The molecule has 0 saturated carbocycles. The highest BCUT2D eigenvalue weighted by atomic mass is 19.4. The second kappa shape index (κ2) is 6.08.